The molecule has 1 saturated heterocycles. The van der Waals surface area contributed by atoms with Crippen molar-refractivity contribution >= 4 is 21.9 Å². The topological polar surface area (TPSA) is 58.6 Å². The van der Waals surface area contributed by atoms with Gasteiger partial charge >= 0.3 is 5.97 Å². The molecule has 1 aliphatic rings. The summed E-state index contributed by atoms with van der Waals surface area (Å²) in [6.07, 6.45) is 2.15. The van der Waals surface area contributed by atoms with Crippen molar-refractivity contribution in [1.29, 1.82) is 0 Å². The average Bonchev–Trinajstić information content (AvgIpc) is 2.88. The van der Waals surface area contributed by atoms with Crippen LogP contribution in [-0.4, -0.2) is 30.3 Å². The Bertz CT molecular complexity index is 460. The molecule has 1 fully saturated rings. The van der Waals surface area contributed by atoms with Crippen molar-refractivity contribution in [3.63, 3.8) is 0 Å². The molecule has 19 heavy (non-hydrogen) atoms. The Morgan fingerprint density at radius 3 is 3.00 bits per heavy atom. The highest BCUT2D eigenvalue weighted by Crippen LogP contribution is 2.25. The van der Waals surface area contributed by atoms with Gasteiger partial charge in [-0.25, -0.2) is 4.79 Å². The van der Waals surface area contributed by atoms with Crippen LogP contribution in [0.3, 0.4) is 0 Å². The molecule has 0 spiro atoms. The number of benzene rings is 1. The van der Waals surface area contributed by atoms with Crippen LogP contribution in [0.5, 0.6) is 0 Å². The molecule has 4 nitrogen and oxygen atoms in total. The van der Waals surface area contributed by atoms with Gasteiger partial charge in [-0.1, -0.05) is 28.1 Å². The second-order valence-corrected chi connectivity index (χ2v) is 5.87. The number of carboxylic acids is 1. The second-order valence-electron chi connectivity index (χ2n) is 4.96. The highest BCUT2D eigenvalue weighted by Gasteiger charge is 2.35. The Labute approximate surface area is 121 Å². The highest BCUT2D eigenvalue weighted by atomic mass is 79.9. The Morgan fingerprint density at radius 1 is 1.63 bits per heavy atom. The molecule has 2 rings (SSSR count). The third kappa shape index (κ3) is 3.35. The van der Waals surface area contributed by atoms with Crippen molar-refractivity contribution in [1.82, 2.24) is 5.32 Å². The molecular formula is C14H18BrNO3. The van der Waals surface area contributed by atoms with E-state index in [1.54, 1.807) is 6.92 Å². The molecule has 0 radical (unpaired) electrons. The molecule has 1 heterocycles. The van der Waals surface area contributed by atoms with Crippen LogP contribution in [0.25, 0.3) is 0 Å². The van der Waals surface area contributed by atoms with E-state index < -0.39 is 11.5 Å². The Balaban J connectivity index is 2.14. The summed E-state index contributed by atoms with van der Waals surface area (Å²) in [6.45, 7) is 3.01. The summed E-state index contributed by atoms with van der Waals surface area (Å²) in [5, 5.41) is 12.7. The van der Waals surface area contributed by atoms with Crippen LogP contribution in [0.2, 0.25) is 0 Å². The first-order valence-corrected chi connectivity index (χ1v) is 7.18. The average molecular weight is 328 g/mol. The van der Waals surface area contributed by atoms with Crippen molar-refractivity contribution in [2.24, 2.45) is 0 Å². The lowest BCUT2D eigenvalue weighted by molar-refractivity contribution is -0.144. The minimum atomic E-state index is -1.10. The summed E-state index contributed by atoms with van der Waals surface area (Å²) < 4.78 is 6.39. The quantitative estimate of drug-likeness (QED) is 0.872. The predicted molar refractivity (Wildman–Crippen MR) is 76.1 cm³/mol. The van der Waals surface area contributed by atoms with Gasteiger partial charge in [0.25, 0.3) is 0 Å². The number of hydrogen-bond acceptors (Lipinski definition) is 3. The smallest absolute Gasteiger partial charge is 0.328 e. The zero-order valence-electron chi connectivity index (χ0n) is 10.9. The fourth-order valence-corrected chi connectivity index (χ4v) is 2.62. The molecule has 2 unspecified atom stereocenters. The van der Waals surface area contributed by atoms with E-state index in [-0.39, 0.29) is 6.10 Å². The lowest BCUT2D eigenvalue weighted by Gasteiger charge is -2.28. The van der Waals surface area contributed by atoms with Gasteiger partial charge in [0.15, 0.2) is 0 Å². The predicted octanol–water partition coefficient (Wildman–Crippen LogP) is 2.52. The van der Waals surface area contributed by atoms with E-state index in [0.717, 1.165) is 29.5 Å². The molecule has 0 bridgehead atoms. The Kier molecular flexibility index (Phi) is 4.60. The van der Waals surface area contributed by atoms with E-state index in [4.69, 9.17) is 4.74 Å². The summed E-state index contributed by atoms with van der Waals surface area (Å²) in [6, 6.07) is 7.37. The van der Waals surface area contributed by atoms with Crippen LogP contribution >= 0.6 is 15.9 Å². The zero-order valence-corrected chi connectivity index (χ0v) is 12.4. The third-order valence-corrected chi connectivity index (χ3v) is 4.03. The van der Waals surface area contributed by atoms with Crippen molar-refractivity contribution in [3.8, 4) is 0 Å². The molecule has 1 aliphatic heterocycles. The summed E-state index contributed by atoms with van der Waals surface area (Å²) in [7, 11) is 0. The number of nitrogens with one attached hydrogen (secondary N) is 1. The molecule has 1 aromatic rings. The maximum atomic E-state index is 11.6. The van der Waals surface area contributed by atoms with Crippen molar-refractivity contribution in [3.05, 3.63) is 34.3 Å². The maximum absolute atomic E-state index is 11.6. The molecule has 5 heteroatoms. The van der Waals surface area contributed by atoms with Crippen LogP contribution in [0.4, 0.5) is 0 Å². The van der Waals surface area contributed by atoms with Gasteiger partial charge in [-0.2, -0.15) is 0 Å². The van der Waals surface area contributed by atoms with Crippen LogP contribution in [0, 0.1) is 0 Å². The van der Waals surface area contributed by atoms with Crippen LogP contribution < -0.4 is 5.32 Å². The minimum absolute atomic E-state index is 0.117. The van der Waals surface area contributed by atoms with Crippen LogP contribution in [0.15, 0.2) is 28.7 Å². The lowest BCUT2D eigenvalue weighted by Crippen LogP contribution is -2.49. The largest absolute Gasteiger partial charge is 0.480 e. The number of hydrogen-bond donors (Lipinski definition) is 2. The number of carboxylic acid groups (broad SMARTS) is 1. The maximum Gasteiger partial charge on any atom is 0.328 e. The first-order chi connectivity index (χ1) is 9.02. The summed E-state index contributed by atoms with van der Waals surface area (Å²) in [4.78, 5) is 11.6. The van der Waals surface area contributed by atoms with Crippen molar-refractivity contribution in [2.75, 3.05) is 13.2 Å². The number of rotatable bonds is 5. The van der Waals surface area contributed by atoms with Gasteiger partial charge in [-0.15, -0.1) is 0 Å². The fraction of sp³-hybridized carbons (Fsp3) is 0.500. The molecule has 2 N–H and O–H groups in total. The number of halogens is 1. The molecule has 0 saturated carbocycles. The lowest BCUT2D eigenvalue weighted by atomic mass is 9.92. The van der Waals surface area contributed by atoms with Crippen LogP contribution in [-0.2, 0) is 15.1 Å². The van der Waals surface area contributed by atoms with E-state index >= 15 is 0 Å². The summed E-state index contributed by atoms with van der Waals surface area (Å²) in [5.41, 5.74) is -0.372. The highest BCUT2D eigenvalue weighted by molar-refractivity contribution is 9.10. The standard InChI is InChI=1S/C14H18BrNO3/c1-14(13(17)18,10-4-2-5-11(15)8-10)16-9-12-6-3-7-19-12/h2,4-5,8,12,16H,3,6-7,9H2,1H3,(H,17,18). The first-order valence-electron chi connectivity index (χ1n) is 6.38. The van der Waals surface area contributed by atoms with Crippen molar-refractivity contribution in [2.45, 2.75) is 31.4 Å². The number of carbonyl (C=O) groups is 1. The minimum Gasteiger partial charge on any atom is -0.480 e. The number of ether oxygens (including phenoxy) is 1. The molecule has 104 valence electrons. The van der Waals surface area contributed by atoms with Gasteiger partial charge < -0.3 is 9.84 Å². The third-order valence-electron chi connectivity index (χ3n) is 3.54. The van der Waals surface area contributed by atoms with E-state index in [1.165, 1.54) is 0 Å². The zero-order chi connectivity index (χ0) is 13.9. The summed E-state index contributed by atoms with van der Waals surface area (Å²) in [5.74, 6) is -0.886. The van der Waals surface area contributed by atoms with Gasteiger partial charge in [-0.3, -0.25) is 5.32 Å². The molecule has 1 aromatic carbocycles. The van der Waals surface area contributed by atoms with Gasteiger partial charge in [-0.05, 0) is 37.5 Å². The second kappa shape index (κ2) is 6.03. The first kappa shape index (κ1) is 14.5. The van der Waals surface area contributed by atoms with E-state index in [9.17, 15) is 9.90 Å². The number of aliphatic carboxylic acids is 1. The molecule has 0 aliphatic carbocycles. The van der Waals surface area contributed by atoms with E-state index in [0.29, 0.717) is 6.54 Å². The van der Waals surface area contributed by atoms with E-state index in [1.807, 2.05) is 24.3 Å². The normalized spacial score (nSPS) is 22.1. The van der Waals surface area contributed by atoms with E-state index in [2.05, 4.69) is 21.2 Å². The SMILES string of the molecule is CC(NCC1CCCO1)(C(=O)O)c1cccc(Br)c1. The van der Waals surface area contributed by atoms with Gasteiger partial charge in [0.2, 0.25) is 0 Å². The molecule has 0 amide bonds. The van der Waals surface area contributed by atoms with Gasteiger partial charge in [0.05, 0.1) is 6.10 Å². The van der Waals surface area contributed by atoms with Gasteiger partial charge in [0, 0.05) is 17.6 Å². The molecule has 2 atom stereocenters. The van der Waals surface area contributed by atoms with Gasteiger partial charge in [0.1, 0.15) is 5.54 Å². The van der Waals surface area contributed by atoms with Crippen LogP contribution in [0.1, 0.15) is 25.3 Å². The Hall–Kier alpha value is -0.910. The molecule has 0 aromatic heterocycles. The summed E-state index contributed by atoms with van der Waals surface area (Å²) >= 11 is 3.38. The fourth-order valence-electron chi connectivity index (χ4n) is 2.22. The Morgan fingerprint density at radius 2 is 2.42 bits per heavy atom. The molecular weight excluding hydrogens is 310 g/mol. The van der Waals surface area contributed by atoms with Crippen molar-refractivity contribution < 1.29 is 14.6 Å². The monoisotopic (exact) mass is 327 g/mol.